The second-order valence-electron chi connectivity index (χ2n) is 16.2. The van der Waals surface area contributed by atoms with Crippen LogP contribution in [0.3, 0.4) is 0 Å². The Hall–Kier alpha value is -6.12. The first kappa shape index (κ1) is 31.6. The molecule has 256 valence electrons. The molecular formula is C51H42N2. The Kier molecular flexibility index (Phi) is 6.98. The van der Waals surface area contributed by atoms with E-state index in [0.717, 1.165) is 23.5 Å². The Morgan fingerprint density at radius 1 is 0.434 bits per heavy atom. The van der Waals surface area contributed by atoms with Crippen LogP contribution in [0.2, 0.25) is 0 Å². The molecular weight excluding hydrogens is 641 g/mol. The normalized spacial score (nSPS) is 14.6. The molecule has 0 saturated heterocycles. The Bertz CT molecular complexity index is 2860. The van der Waals surface area contributed by atoms with E-state index in [0.29, 0.717) is 0 Å². The third-order valence-electron chi connectivity index (χ3n) is 11.7. The number of anilines is 3. The molecule has 0 N–H and O–H groups in total. The molecule has 0 bridgehead atoms. The van der Waals surface area contributed by atoms with Crippen LogP contribution in [0.25, 0.3) is 60.2 Å². The van der Waals surface area contributed by atoms with Gasteiger partial charge in [0, 0.05) is 33.5 Å². The van der Waals surface area contributed by atoms with Gasteiger partial charge in [-0.3, -0.25) is 0 Å². The van der Waals surface area contributed by atoms with Crippen LogP contribution >= 0.6 is 0 Å². The van der Waals surface area contributed by atoms with Crippen LogP contribution in [-0.4, -0.2) is 4.57 Å². The summed E-state index contributed by atoms with van der Waals surface area (Å²) in [5.41, 5.74) is 12.7. The van der Waals surface area contributed by atoms with Gasteiger partial charge in [0.15, 0.2) is 0 Å². The van der Waals surface area contributed by atoms with Crippen molar-refractivity contribution < 1.29 is 0 Å². The zero-order chi connectivity index (χ0) is 35.9. The number of fused-ring (bicyclic) bond motifs is 6. The summed E-state index contributed by atoms with van der Waals surface area (Å²) in [5, 5.41) is 7.51. The van der Waals surface area contributed by atoms with Gasteiger partial charge in [0.25, 0.3) is 0 Å². The van der Waals surface area contributed by atoms with Crippen molar-refractivity contribution in [2.24, 2.45) is 0 Å². The van der Waals surface area contributed by atoms with E-state index in [4.69, 9.17) is 0 Å². The van der Waals surface area contributed by atoms with Crippen molar-refractivity contribution in [2.45, 2.75) is 44.9 Å². The summed E-state index contributed by atoms with van der Waals surface area (Å²) in [6.07, 6.45) is 1.15. The van der Waals surface area contributed by atoms with Crippen molar-refractivity contribution in [3.8, 4) is 16.8 Å². The third kappa shape index (κ3) is 5.08. The molecule has 1 aromatic heterocycles. The summed E-state index contributed by atoms with van der Waals surface area (Å²) in [4.78, 5) is 2.41. The highest BCUT2D eigenvalue weighted by atomic mass is 15.1. The van der Waals surface area contributed by atoms with Gasteiger partial charge < -0.3 is 9.47 Å². The van der Waals surface area contributed by atoms with Gasteiger partial charge in [-0.25, -0.2) is 0 Å². The van der Waals surface area contributed by atoms with Gasteiger partial charge in [-0.15, -0.1) is 0 Å². The average molecular weight is 683 g/mol. The van der Waals surface area contributed by atoms with E-state index in [1.807, 2.05) is 0 Å². The minimum absolute atomic E-state index is 0.115. The van der Waals surface area contributed by atoms with E-state index in [9.17, 15) is 0 Å². The minimum Gasteiger partial charge on any atom is -0.310 e. The monoisotopic (exact) mass is 682 g/mol. The molecule has 1 heterocycles. The SMILES string of the molecule is CC1(C)CC(C)(C)c2cc(-n3c4ccccc4c4ccc(N(c5ccc(-c6cccc7ccccc67)cc5)c5ccc6ccccc6c5)cc43)ccc21. The minimum atomic E-state index is 0.115. The summed E-state index contributed by atoms with van der Waals surface area (Å²) >= 11 is 0. The van der Waals surface area contributed by atoms with Crippen molar-refractivity contribution in [3.05, 3.63) is 181 Å². The van der Waals surface area contributed by atoms with Gasteiger partial charge >= 0.3 is 0 Å². The Morgan fingerprint density at radius 2 is 1.06 bits per heavy atom. The van der Waals surface area contributed by atoms with Crippen molar-refractivity contribution in [1.82, 2.24) is 4.57 Å². The molecule has 0 radical (unpaired) electrons. The lowest BCUT2D eigenvalue weighted by molar-refractivity contribution is 0.403. The maximum Gasteiger partial charge on any atom is 0.0561 e. The van der Waals surface area contributed by atoms with Crippen LogP contribution in [0, 0.1) is 0 Å². The average Bonchev–Trinajstić information content (AvgIpc) is 3.60. The van der Waals surface area contributed by atoms with Crippen LogP contribution in [-0.2, 0) is 10.8 Å². The maximum atomic E-state index is 2.48. The Balaban J connectivity index is 1.17. The second kappa shape index (κ2) is 11.7. The molecule has 8 aromatic carbocycles. The molecule has 1 aliphatic carbocycles. The predicted octanol–water partition coefficient (Wildman–Crippen LogP) is 14.2. The summed E-state index contributed by atoms with van der Waals surface area (Å²) in [5.74, 6) is 0. The number of aromatic nitrogens is 1. The number of rotatable bonds is 5. The number of hydrogen-bond donors (Lipinski definition) is 0. The summed E-state index contributed by atoms with van der Waals surface area (Å²) in [6.45, 7) is 9.59. The summed E-state index contributed by atoms with van der Waals surface area (Å²) in [7, 11) is 0. The highest BCUT2D eigenvalue weighted by Crippen LogP contribution is 2.50. The van der Waals surface area contributed by atoms with Crippen molar-refractivity contribution in [1.29, 1.82) is 0 Å². The summed E-state index contributed by atoms with van der Waals surface area (Å²) in [6, 6.07) is 62.8. The maximum absolute atomic E-state index is 2.48. The molecule has 0 saturated carbocycles. The first-order chi connectivity index (χ1) is 25.7. The van der Waals surface area contributed by atoms with Crippen molar-refractivity contribution in [3.63, 3.8) is 0 Å². The van der Waals surface area contributed by atoms with Gasteiger partial charge in [-0.1, -0.05) is 143 Å². The molecule has 10 rings (SSSR count). The zero-order valence-electron chi connectivity index (χ0n) is 30.8. The van der Waals surface area contributed by atoms with Crippen LogP contribution in [0.5, 0.6) is 0 Å². The lowest BCUT2D eigenvalue weighted by Gasteiger charge is -2.26. The first-order valence-corrected chi connectivity index (χ1v) is 18.8. The molecule has 1 aliphatic rings. The number of nitrogens with zero attached hydrogens (tertiary/aromatic N) is 2. The quantitative estimate of drug-likeness (QED) is 0.175. The highest BCUT2D eigenvalue weighted by molar-refractivity contribution is 6.10. The Labute approximate surface area is 311 Å². The molecule has 0 amide bonds. The van der Waals surface area contributed by atoms with E-state index in [2.05, 4.69) is 207 Å². The number of hydrogen-bond acceptors (Lipinski definition) is 1. The van der Waals surface area contributed by atoms with E-state index in [1.54, 1.807) is 0 Å². The van der Waals surface area contributed by atoms with Gasteiger partial charge in [0.2, 0.25) is 0 Å². The van der Waals surface area contributed by atoms with Gasteiger partial charge in [0.1, 0.15) is 0 Å². The molecule has 9 aromatic rings. The molecule has 0 aliphatic heterocycles. The van der Waals surface area contributed by atoms with Crippen LogP contribution in [0.1, 0.15) is 45.2 Å². The molecule has 53 heavy (non-hydrogen) atoms. The van der Waals surface area contributed by atoms with Crippen LogP contribution in [0.4, 0.5) is 17.1 Å². The smallest absolute Gasteiger partial charge is 0.0561 e. The van der Waals surface area contributed by atoms with Crippen LogP contribution in [0.15, 0.2) is 170 Å². The van der Waals surface area contributed by atoms with Gasteiger partial charge in [-0.05, 0) is 116 Å². The standard InChI is InChI=1S/C51H42N2/c1-50(2)33-51(3,4)47-31-40(27-29-46(47)50)53-48-19-10-9-17-44(48)45-28-26-41(32-49(45)53)52(39-25-20-34-12-5-6-14-37(34)30-39)38-23-21-36(22-24-38)43-18-11-15-35-13-7-8-16-42(35)43/h5-32H,33H2,1-4H3. The fourth-order valence-corrected chi connectivity index (χ4v) is 9.52. The number of para-hydroxylation sites is 1. The molecule has 0 atom stereocenters. The molecule has 2 nitrogen and oxygen atoms in total. The van der Waals surface area contributed by atoms with Gasteiger partial charge in [0.05, 0.1) is 11.0 Å². The zero-order valence-corrected chi connectivity index (χ0v) is 30.8. The third-order valence-corrected chi connectivity index (χ3v) is 11.7. The largest absolute Gasteiger partial charge is 0.310 e. The second-order valence-corrected chi connectivity index (χ2v) is 16.2. The topological polar surface area (TPSA) is 8.17 Å². The lowest BCUT2D eigenvalue weighted by Crippen LogP contribution is -2.18. The van der Waals surface area contributed by atoms with E-state index < -0.39 is 0 Å². The summed E-state index contributed by atoms with van der Waals surface area (Å²) < 4.78 is 2.48. The fourth-order valence-electron chi connectivity index (χ4n) is 9.52. The molecule has 0 unspecified atom stereocenters. The predicted molar refractivity (Wildman–Crippen MR) is 227 cm³/mol. The highest BCUT2D eigenvalue weighted by Gasteiger charge is 2.42. The van der Waals surface area contributed by atoms with E-state index >= 15 is 0 Å². The van der Waals surface area contributed by atoms with Crippen LogP contribution < -0.4 is 4.90 Å². The first-order valence-electron chi connectivity index (χ1n) is 18.8. The van der Waals surface area contributed by atoms with Crippen molar-refractivity contribution >= 4 is 60.4 Å². The van der Waals surface area contributed by atoms with E-state index in [-0.39, 0.29) is 10.8 Å². The lowest BCUT2D eigenvalue weighted by atomic mass is 9.82. The van der Waals surface area contributed by atoms with Gasteiger partial charge in [-0.2, -0.15) is 0 Å². The van der Waals surface area contributed by atoms with E-state index in [1.165, 1.54) is 71.3 Å². The van der Waals surface area contributed by atoms with Crippen molar-refractivity contribution in [2.75, 3.05) is 4.90 Å². The Morgan fingerprint density at radius 3 is 1.89 bits per heavy atom. The number of benzene rings is 8. The molecule has 0 fully saturated rings. The molecule has 2 heteroatoms. The fraction of sp³-hybridized carbons (Fsp3) is 0.137. The molecule has 0 spiro atoms.